The van der Waals surface area contributed by atoms with Gasteiger partial charge in [-0.05, 0) is 0 Å². The van der Waals surface area contributed by atoms with Crippen molar-refractivity contribution in [2.45, 2.75) is 0 Å². The molecule has 0 radical (unpaired) electrons. The molecule has 0 unspecified atom stereocenters. The normalized spacial score (nSPS) is 2.40. The molecule has 0 N–H and O–H groups in total. The molecule has 0 heterocycles. The molecule has 22 valence electrons. The third kappa shape index (κ3) is 32.3. The van der Waals surface area contributed by atoms with Crippen LogP contribution >= 0.6 is 0 Å². The first-order chi connectivity index (χ1) is 2.00. The van der Waals surface area contributed by atoms with Crippen LogP contribution in [0.1, 0.15) is 0 Å². The van der Waals surface area contributed by atoms with Crippen molar-refractivity contribution in [2.75, 3.05) is 0 Å². The molecule has 0 spiro atoms. The molecule has 0 atom stereocenters. The molecule has 0 aromatic rings. The van der Waals surface area contributed by atoms with E-state index in [9.17, 15) is 0 Å². The molecule has 0 saturated carbocycles. The fourth-order valence-electron chi connectivity index (χ4n) is 0. The van der Waals surface area contributed by atoms with Gasteiger partial charge in [-0.3, -0.25) is 0 Å². The predicted molar refractivity (Wildman–Crippen MR) is 11.3 cm³/mol. The monoisotopic (exact) mass is 190 g/mol. The van der Waals surface area contributed by atoms with Crippen molar-refractivity contribution in [1.29, 1.82) is 0 Å². The summed E-state index contributed by atoms with van der Waals surface area (Å²) < 4.78 is 16.8. The van der Waals surface area contributed by atoms with Crippen molar-refractivity contribution >= 4 is 17.4 Å². The van der Waals surface area contributed by atoms with E-state index in [1.807, 2.05) is 0 Å². The second-order valence-corrected chi connectivity index (χ2v) is 0. The van der Waals surface area contributed by atoms with Gasteiger partial charge in [0.1, 0.15) is 0 Å². The van der Waals surface area contributed by atoms with Gasteiger partial charge in [-0.2, -0.15) is 0 Å². The van der Waals surface area contributed by atoms with Crippen LogP contribution in [-0.4, -0.2) is 17.4 Å². The zero-order valence-corrected chi connectivity index (χ0v) is 8.16. The average molecular weight is 193 g/mol. The average Bonchev–Trinajstić information content (AvgIpc) is 1.50. The van der Waals surface area contributed by atoms with E-state index in [0.29, 0.717) is 0 Å². The number of rotatable bonds is 0. The van der Waals surface area contributed by atoms with Gasteiger partial charge in [0, 0.05) is 0 Å². The second-order valence-electron chi connectivity index (χ2n) is 0. The van der Waals surface area contributed by atoms with Gasteiger partial charge in [-0.1, -0.05) is 0 Å². The zero-order valence-electron chi connectivity index (χ0n) is 2.23. The molecule has 0 fully saturated rings. The van der Waals surface area contributed by atoms with Crippen LogP contribution in [0.4, 0.5) is 0 Å². The Bertz CT molecular complexity index is 9.61. The molecule has 0 bridgehead atoms. The third-order valence-electron chi connectivity index (χ3n) is 0. The van der Waals surface area contributed by atoms with Gasteiger partial charge in [0.05, 0.1) is 0 Å². The van der Waals surface area contributed by atoms with Crippen LogP contribution in [0.15, 0.2) is 0 Å². The van der Waals surface area contributed by atoms with E-state index in [1.54, 1.807) is 0 Å². The summed E-state index contributed by atoms with van der Waals surface area (Å²) in [6.07, 6.45) is 0. The number of hydrogen-bond donors (Lipinski definition) is 0. The summed E-state index contributed by atoms with van der Waals surface area (Å²) in [5.41, 5.74) is 0. The molecule has 0 aliphatic rings. The van der Waals surface area contributed by atoms with Crippen LogP contribution in [0.25, 0.3) is 0 Å². The zero-order chi connectivity index (χ0) is 4.00. The first kappa shape index (κ1) is 16.2. The summed E-state index contributed by atoms with van der Waals surface area (Å²) in [4.78, 5) is 0. The molecule has 5 heavy (non-hydrogen) atoms. The van der Waals surface area contributed by atoms with Crippen LogP contribution in [0.5, 0.6) is 0 Å². The summed E-state index contributed by atoms with van der Waals surface area (Å²) >= 11 is 0.250. The Kier molecular flexibility index (Phi) is 175. The summed E-state index contributed by atoms with van der Waals surface area (Å²) in [5, 5.41) is 0. The maximum absolute atomic E-state index is 8.38. The van der Waals surface area contributed by atoms with Gasteiger partial charge >= 0.3 is 43.7 Å². The Labute approximate surface area is 60.7 Å². The van der Waals surface area contributed by atoms with Gasteiger partial charge in [0.2, 0.25) is 0 Å². The fourth-order valence-corrected chi connectivity index (χ4v) is 0. The molecule has 0 aliphatic carbocycles. The van der Waals surface area contributed by atoms with E-state index in [-0.39, 0.29) is 53.9 Å². The minimum absolute atomic E-state index is 0. The molecule has 0 amide bonds. The van der Waals surface area contributed by atoms with Crippen molar-refractivity contribution in [3.63, 3.8) is 0 Å². The van der Waals surface area contributed by atoms with Gasteiger partial charge in [-0.25, -0.2) is 0 Å². The molecular weight excluding hydrogens is 190 g/mol. The first-order valence-corrected chi connectivity index (χ1v) is 3.00. The second kappa shape index (κ2) is 54.2. The Morgan fingerprint density at radius 2 is 0.800 bits per heavy atom. The molecule has 5 heteroatoms. The molecule has 0 aliphatic heterocycles. The van der Waals surface area contributed by atoms with E-state index in [2.05, 4.69) is 0 Å². The summed E-state index contributed by atoms with van der Waals surface area (Å²) in [6, 6.07) is 0. The minimum atomic E-state index is 0. The molecule has 2 nitrogen and oxygen atoms in total. The molecule has 0 saturated heterocycles. The van der Waals surface area contributed by atoms with E-state index in [0.717, 1.165) is 0 Å². The van der Waals surface area contributed by atoms with Gasteiger partial charge in [-0.15, -0.1) is 0 Å². The van der Waals surface area contributed by atoms with Crippen LogP contribution < -0.4 is 0 Å². The molecule has 0 aromatic heterocycles. The van der Waals surface area contributed by atoms with Crippen molar-refractivity contribution in [3.05, 3.63) is 0 Å². The van der Waals surface area contributed by atoms with Crippen LogP contribution in [0, 0.1) is 0 Å². The molecule has 0 aromatic carbocycles. The third-order valence-corrected chi connectivity index (χ3v) is 0. The van der Waals surface area contributed by atoms with Crippen molar-refractivity contribution in [1.82, 2.24) is 0 Å². The van der Waals surface area contributed by atoms with Crippen LogP contribution in [0.2, 0.25) is 0 Å². The Balaban J connectivity index is -0.0000000133. The molecule has 0 rings (SSSR count). The van der Waals surface area contributed by atoms with Crippen molar-refractivity contribution in [3.8, 4) is 0 Å². The Morgan fingerprint density at radius 3 is 0.800 bits per heavy atom. The van der Waals surface area contributed by atoms with E-state index >= 15 is 0 Å². The van der Waals surface area contributed by atoms with E-state index in [4.69, 9.17) is 7.15 Å². The fraction of sp³-hybridized carbons (Fsp3) is 0. The van der Waals surface area contributed by atoms with Crippen molar-refractivity contribution < 1.29 is 43.7 Å². The van der Waals surface area contributed by atoms with E-state index < -0.39 is 0 Å². The van der Waals surface area contributed by atoms with Gasteiger partial charge < -0.3 is 0 Å². The predicted octanol–water partition coefficient (Wildman–Crippen LogP) is -1.43. The standard InChI is InChI=1S/Al.2O.2Zn.3H. The summed E-state index contributed by atoms with van der Waals surface area (Å²) in [7, 11) is 0. The van der Waals surface area contributed by atoms with Crippen LogP contribution in [-0.2, 0) is 43.7 Å². The first-order valence-electron chi connectivity index (χ1n) is 0.577. The van der Waals surface area contributed by atoms with Crippen LogP contribution in [0.3, 0.4) is 0 Å². The van der Waals surface area contributed by atoms with Crippen molar-refractivity contribution in [2.24, 2.45) is 0 Å². The summed E-state index contributed by atoms with van der Waals surface area (Å²) in [5.74, 6) is 0. The Hall–Kier alpha value is 1.38. The molecular formula is H3AlO2Zn2. The SMILES string of the molecule is [AlH3].[O]=[Zn].[O]=[Zn]. The quantitative estimate of drug-likeness (QED) is 0.442. The summed E-state index contributed by atoms with van der Waals surface area (Å²) in [6.45, 7) is 0. The maximum atomic E-state index is 8.38. The topological polar surface area (TPSA) is 34.1 Å². The van der Waals surface area contributed by atoms with Gasteiger partial charge in [0.15, 0.2) is 17.4 Å². The number of hydrogen-bond acceptors (Lipinski definition) is 2. The Morgan fingerprint density at radius 1 is 0.800 bits per heavy atom. The van der Waals surface area contributed by atoms with Gasteiger partial charge in [0.25, 0.3) is 0 Å². The van der Waals surface area contributed by atoms with E-state index in [1.165, 1.54) is 0 Å².